The number of aryl methyl sites for hydroxylation is 2. The summed E-state index contributed by atoms with van der Waals surface area (Å²) in [4.78, 5) is 4.25. The largest absolute Gasteiger partial charge is 0.264 e. The van der Waals surface area contributed by atoms with Gasteiger partial charge in [0.15, 0.2) is 0 Å². The Kier molecular flexibility index (Phi) is 3.90. The number of para-hydroxylation sites is 1. The molecule has 0 aliphatic heterocycles. The first-order valence-corrected chi connectivity index (χ1v) is 8.26. The molecule has 0 saturated heterocycles. The Morgan fingerprint density at radius 3 is 2.44 bits per heavy atom. The standard InChI is InChI=1S/C20H19N5/c1-15-11-16(2)24(22-15)14-18-12-20(17-7-6-10-21-13-17)25(23-18)19-8-4-3-5-9-19/h3-13H,14H2,1-2H3. The van der Waals surface area contributed by atoms with Gasteiger partial charge in [-0.15, -0.1) is 0 Å². The van der Waals surface area contributed by atoms with Gasteiger partial charge in [-0.05, 0) is 50.2 Å². The Morgan fingerprint density at radius 2 is 1.76 bits per heavy atom. The van der Waals surface area contributed by atoms with Crippen molar-refractivity contribution in [2.75, 3.05) is 0 Å². The van der Waals surface area contributed by atoms with Crippen molar-refractivity contribution < 1.29 is 0 Å². The van der Waals surface area contributed by atoms with E-state index in [2.05, 4.69) is 47.3 Å². The topological polar surface area (TPSA) is 48.5 Å². The fraction of sp³-hybridized carbons (Fsp3) is 0.150. The summed E-state index contributed by atoms with van der Waals surface area (Å²) in [6.07, 6.45) is 3.65. The third-order valence-corrected chi connectivity index (χ3v) is 4.13. The van der Waals surface area contributed by atoms with Gasteiger partial charge in [0.1, 0.15) is 0 Å². The second-order valence-corrected chi connectivity index (χ2v) is 6.09. The minimum Gasteiger partial charge on any atom is -0.264 e. The highest BCUT2D eigenvalue weighted by Crippen LogP contribution is 2.24. The number of rotatable bonds is 4. The molecule has 0 radical (unpaired) electrons. The maximum atomic E-state index is 4.83. The van der Waals surface area contributed by atoms with E-state index in [0.29, 0.717) is 6.54 Å². The van der Waals surface area contributed by atoms with Crippen molar-refractivity contribution in [2.24, 2.45) is 0 Å². The lowest BCUT2D eigenvalue weighted by Gasteiger charge is -2.06. The van der Waals surface area contributed by atoms with Crippen molar-refractivity contribution in [1.29, 1.82) is 0 Å². The molecule has 3 aromatic heterocycles. The molecule has 5 heteroatoms. The molecule has 0 unspecified atom stereocenters. The van der Waals surface area contributed by atoms with Gasteiger partial charge in [-0.3, -0.25) is 9.67 Å². The molecule has 4 aromatic rings. The molecule has 0 aliphatic carbocycles. The molecule has 0 spiro atoms. The lowest BCUT2D eigenvalue weighted by atomic mass is 10.2. The Labute approximate surface area is 146 Å². The smallest absolute Gasteiger partial charge is 0.0853 e. The maximum absolute atomic E-state index is 4.83. The molecular formula is C20H19N5. The summed E-state index contributed by atoms with van der Waals surface area (Å²) in [5, 5.41) is 9.38. The van der Waals surface area contributed by atoms with Crippen LogP contribution in [0.25, 0.3) is 16.9 Å². The number of nitrogens with zero attached hydrogens (tertiary/aromatic N) is 5. The third kappa shape index (κ3) is 3.08. The van der Waals surface area contributed by atoms with E-state index in [1.54, 1.807) is 6.20 Å². The predicted octanol–water partition coefficient (Wildman–Crippen LogP) is 3.80. The second-order valence-electron chi connectivity index (χ2n) is 6.09. The quantitative estimate of drug-likeness (QED) is 0.572. The first-order valence-electron chi connectivity index (χ1n) is 8.26. The highest BCUT2D eigenvalue weighted by Gasteiger charge is 2.13. The third-order valence-electron chi connectivity index (χ3n) is 4.13. The molecule has 0 fully saturated rings. The molecule has 0 aliphatic rings. The molecule has 0 atom stereocenters. The van der Waals surface area contributed by atoms with Crippen molar-refractivity contribution in [2.45, 2.75) is 20.4 Å². The van der Waals surface area contributed by atoms with E-state index in [4.69, 9.17) is 5.10 Å². The summed E-state index contributed by atoms with van der Waals surface area (Å²) < 4.78 is 3.96. The first kappa shape index (κ1) is 15.3. The minimum atomic E-state index is 0.646. The van der Waals surface area contributed by atoms with Crippen LogP contribution < -0.4 is 0 Å². The number of pyridine rings is 1. The van der Waals surface area contributed by atoms with Gasteiger partial charge in [-0.1, -0.05) is 18.2 Å². The SMILES string of the molecule is Cc1cc(C)n(Cc2cc(-c3cccnc3)n(-c3ccccc3)n2)n1. The number of aromatic nitrogens is 5. The van der Waals surface area contributed by atoms with E-state index in [-0.39, 0.29) is 0 Å². The van der Waals surface area contributed by atoms with Gasteiger partial charge in [0.2, 0.25) is 0 Å². The molecule has 0 amide bonds. The highest BCUT2D eigenvalue weighted by atomic mass is 15.3. The van der Waals surface area contributed by atoms with Crippen molar-refractivity contribution >= 4 is 0 Å². The summed E-state index contributed by atoms with van der Waals surface area (Å²) in [6.45, 7) is 4.72. The van der Waals surface area contributed by atoms with Crippen LogP contribution in [0.1, 0.15) is 17.1 Å². The van der Waals surface area contributed by atoms with Crippen LogP contribution in [0.4, 0.5) is 0 Å². The van der Waals surface area contributed by atoms with Crippen LogP contribution in [0.2, 0.25) is 0 Å². The fourth-order valence-electron chi connectivity index (χ4n) is 2.98. The highest BCUT2D eigenvalue weighted by molar-refractivity contribution is 5.61. The van der Waals surface area contributed by atoms with Crippen molar-refractivity contribution in [3.8, 4) is 16.9 Å². The number of hydrogen-bond acceptors (Lipinski definition) is 3. The van der Waals surface area contributed by atoms with Crippen LogP contribution in [0.15, 0.2) is 67.0 Å². The van der Waals surface area contributed by atoms with E-state index in [1.165, 1.54) is 0 Å². The summed E-state index contributed by atoms with van der Waals surface area (Å²) in [5.41, 5.74) is 6.21. The van der Waals surface area contributed by atoms with E-state index in [9.17, 15) is 0 Å². The molecule has 0 bridgehead atoms. The van der Waals surface area contributed by atoms with Gasteiger partial charge in [-0.25, -0.2) is 4.68 Å². The normalized spacial score (nSPS) is 11.0. The van der Waals surface area contributed by atoms with Crippen LogP contribution in [0.5, 0.6) is 0 Å². The van der Waals surface area contributed by atoms with E-state index in [1.807, 2.05) is 46.7 Å². The maximum Gasteiger partial charge on any atom is 0.0853 e. The number of benzene rings is 1. The van der Waals surface area contributed by atoms with Gasteiger partial charge >= 0.3 is 0 Å². The molecule has 0 N–H and O–H groups in total. The average Bonchev–Trinajstić information content (AvgIpc) is 3.20. The molecular weight excluding hydrogens is 310 g/mol. The molecule has 25 heavy (non-hydrogen) atoms. The van der Waals surface area contributed by atoms with E-state index in [0.717, 1.165) is 34.0 Å². The first-order chi connectivity index (χ1) is 12.2. The molecule has 3 heterocycles. The fourth-order valence-corrected chi connectivity index (χ4v) is 2.98. The van der Waals surface area contributed by atoms with Gasteiger partial charge in [0.05, 0.1) is 29.3 Å². The Bertz CT molecular complexity index is 927. The van der Waals surface area contributed by atoms with Crippen LogP contribution in [0, 0.1) is 13.8 Å². The van der Waals surface area contributed by atoms with Crippen molar-refractivity contribution in [1.82, 2.24) is 24.5 Å². The van der Waals surface area contributed by atoms with Gasteiger partial charge in [0.25, 0.3) is 0 Å². The zero-order valence-electron chi connectivity index (χ0n) is 14.3. The Morgan fingerprint density at radius 1 is 0.920 bits per heavy atom. The van der Waals surface area contributed by atoms with Crippen LogP contribution in [-0.4, -0.2) is 24.5 Å². The lowest BCUT2D eigenvalue weighted by Crippen LogP contribution is -2.05. The summed E-state index contributed by atoms with van der Waals surface area (Å²) in [5.74, 6) is 0. The monoisotopic (exact) mass is 329 g/mol. The summed E-state index contributed by atoms with van der Waals surface area (Å²) in [7, 11) is 0. The Hall–Kier alpha value is -3.21. The van der Waals surface area contributed by atoms with Crippen LogP contribution in [0.3, 0.4) is 0 Å². The molecule has 124 valence electrons. The zero-order valence-corrected chi connectivity index (χ0v) is 14.3. The molecule has 4 rings (SSSR count). The average molecular weight is 329 g/mol. The molecule has 5 nitrogen and oxygen atoms in total. The number of hydrogen-bond donors (Lipinski definition) is 0. The van der Waals surface area contributed by atoms with Crippen molar-refractivity contribution in [3.63, 3.8) is 0 Å². The molecule has 0 saturated carbocycles. The van der Waals surface area contributed by atoms with Crippen LogP contribution >= 0.6 is 0 Å². The van der Waals surface area contributed by atoms with E-state index < -0.39 is 0 Å². The van der Waals surface area contributed by atoms with Crippen LogP contribution in [-0.2, 0) is 6.54 Å². The van der Waals surface area contributed by atoms with Crippen molar-refractivity contribution in [3.05, 3.63) is 84.1 Å². The van der Waals surface area contributed by atoms with Gasteiger partial charge in [-0.2, -0.15) is 10.2 Å². The molecule has 1 aromatic carbocycles. The minimum absolute atomic E-state index is 0.646. The summed E-state index contributed by atoms with van der Waals surface area (Å²) in [6, 6.07) is 18.3. The predicted molar refractivity (Wildman–Crippen MR) is 97.6 cm³/mol. The summed E-state index contributed by atoms with van der Waals surface area (Å²) >= 11 is 0. The lowest BCUT2D eigenvalue weighted by molar-refractivity contribution is 0.639. The van der Waals surface area contributed by atoms with E-state index >= 15 is 0 Å². The second kappa shape index (κ2) is 6.36. The zero-order chi connectivity index (χ0) is 17.2. The van der Waals surface area contributed by atoms with Gasteiger partial charge in [0, 0.05) is 23.7 Å². The Balaban J connectivity index is 1.80. The van der Waals surface area contributed by atoms with Gasteiger partial charge < -0.3 is 0 Å².